The largest absolute Gasteiger partial charge is 0.481 e. The molecule has 0 spiro atoms. The molecule has 0 amide bonds. The number of aliphatic carboxylic acids is 1. The smallest absolute Gasteiger partial charge is 0.309 e. The van der Waals surface area contributed by atoms with E-state index in [1.807, 2.05) is 4.90 Å². The van der Waals surface area contributed by atoms with Crippen molar-refractivity contribution in [2.24, 2.45) is 5.92 Å². The zero-order valence-corrected chi connectivity index (χ0v) is 10.5. The number of hydrogen-bond donors (Lipinski definition) is 1. The van der Waals surface area contributed by atoms with E-state index in [0.717, 1.165) is 0 Å². The first kappa shape index (κ1) is 12.7. The van der Waals surface area contributed by atoms with E-state index in [1.54, 1.807) is 12.1 Å². The van der Waals surface area contributed by atoms with Gasteiger partial charge in [0.1, 0.15) is 5.82 Å². The second-order valence-electron chi connectivity index (χ2n) is 4.75. The van der Waals surface area contributed by atoms with E-state index in [9.17, 15) is 9.18 Å². The Morgan fingerprint density at radius 2 is 2.10 bits per heavy atom. The fraction of sp³-hybridized carbons (Fsp3) is 0.308. The number of carboxylic acids is 1. The van der Waals surface area contributed by atoms with Crippen LogP contribution in [0.5, 0.6) is 0 Å². The molecule has 2 aromatic rings. The molecule has 0 saturated carbocycles. The van der Waals surface area contributed by atoms with Gasteiger partial charge in [-0.2, -0.15) is 4.98 Å². The molecule has 104 valence electrons. The molecule has 7 heteroatoms. The maximum Gasteiger partial charge on any atom is 0.309 e. The van der Waals surface area contributed by atoms with Crippen LogP contribution in [0.25, 0.3) is 11.5 Å². The van der Waals surface area contributed by atoms with Gasteiger partial charge in [0.2, 0.25) is 0 Å². The quantitative estimate of drug-likeness (QED) is 0.909. The predicted octanol–water partition coefficient (Wildman–Crippen LogP) is 1.39. The standard InChI is InChI=1S/C13H12FN3O3/c14-10-3-1-8(2-4-10)12-15-11(16-20-12)7-17-5-9(6-17)13(18)19/h1-4,9H,5-7H2,(H,18,19). The Morgan fingerprint density at radius 1 is 1.40 bits per heavy atom. The fourth-order valence-corrected chi connectivity index (χ4v) is 2.08. The van der Waals surface area contributed by atoms with Gasteiger partial charge in [-0.05, 0) is 24.3 Å². The summed E-state index contributed by atoms with van der Waals surface area (Å²) in [5.41, 5.74) is 0.650. The highest BCUT2D eigenvalue weighted by Crippen LogP contribution is 2.20. The van der Waals surface area contributed by atoms with Gasteiger partial charge >= 0.3 is 5.97 Å². The van der Waals surface area contributed by atoms with Gasteiger partial charge in [-0.1, -0.05) is 5.16 Å². The van der Waals surface area contributed by atoms with Crippen LogP contribution in [0.4, 0.5) is 4.39 Å². The van der Waals surface area contributed by atoms with E-state index in [4.69, 9.17) is 9.63 Å². The average Bonchev–Trinajstić information content (AvgIpc) is 2.82. The highest BCUT2D eigenvalue weighted by atomic mass is 19.1. The maximum atomic E-state index is 12.8. The molecule has 6 nitrogen and oxygen atoms in total. The lowest BCUT2D eigenvalue weighted by Gasteiger charge is -2.35. The first-order valence-electron chi connectivity index (χ1n) is 6.15. The van der Waals surface area contributed by atoms with Crippen LogP contribution in [0.1, 0.15) is 5.82 Å². The van der Waals surface area contributed by atoms with Crippen molar-refractivity contribution >= 4 is 5.97 Å². The first-order valence-corrected chi connectivity index (χ1v) is 6.15. The number of nitrogens with zero attached hydrogens (tertiary/aromatic N) is 3. The summed E-state index contributed by atoms with van der Waals surface area (Å²) in [6.07, 6.45) is 0. The number of carboxylic acid groups (broad SMARTS) is 1. The van der Waals surface area contributed by atoms with Gasteiger partial charge in [0.05, 0.1) is 12.5 Å². The highest BCUT2D eigenvalue weighted by molar-refractivity contribution is 5.71. The lowest BCUT2D eigenvalue weighted by molar-refractivity contribution is -0.147. The number of halogens is 1. The van der Waals surface area contributed by atoms with E-state index in [2.05, 4.69) is 10.1 Å². The number of hydrogen-bond acceptors (Lipinski definition) is 5. The molecule has 1 saturated heterocycles. The summed E-state index contributed by atoms with van der Waals surface area (Å²) in [4.78, 5) is 16.8. The molecular weight excluding hydrogens is 265 g/mol. The van der Waals surface area contributed by atoms with Crippen LogP contribution in [0, 0.1) is 11.7 Å². The van der Waals surface area contributed by atoms with E-state index in [0.29, 0.717) is 36.9 Å². The number of rotatable bonds is 4. The second kappa shape index (κ2) is 5.01. The van der Waals surface area contributed by atoms with Crippen molar-refractivity contribution in [3.63, 3.8) is 0 Å². The molecule has 1 N–H and O–H groups in total. The van der Waals surface area contributed by atoms with Gasteiger partial charge in [0, 0.05) is 18.7 Å². The summed E-state index contributed by atoms with van der Waals surface area (Å²) in [7, 11) is 0. The molecule has 0 aliphatic carbocycles. The van der Waals surface area contributed by atoms with E-state index < -0.39 is 5.97 Å². The molecule has 1 aromatic carbocycles. The van der Waals surface area contributed by atoms with Crippen LogP contribution < -0.4 is 0 Å². The Bertz CT molecular complexity index is 620. The molecule has 0 unspecified atom stereocenters. The summed E-state index contributed by atoms with van der Waals surface area (Å²) >= 11 is 0. The average molecular weight is 277 g/mol. The monoisotopic (exact) mass is 277 g/mol. The van der Waals surface area contributed by atoms with Crippen molar-refractivity contribution in [2.45, 2.75) is 6.54 Å². The molecule has 0 radical (unpaired) electrons. The molecule has 1 aliphatic heterocycles. The number of aromatic nitrogens is 2. The lowest BCUT2D eigenvalue weighted by Crippen LogP contribution is -2.49. The molecule has 0 bridgehead atoms. The Hall–Kier alpha value is -2.28. The van der Waals surface area contributed by atoms with Gasteiger partial charge in [-0.15, -0.1) is 0 Å². The van der Waals surface area contributed by atoms with E-state index in [-0.39, 0.29) is 11.7 Å². The summed E-state index contributed by atoms with van der Waals surface area (Å²) in [5.74, 6) is -0.586. The van der Waals surface area contributed by atoms with Gasteiger partial charge in [0.25, 0.3) is 5.89 Å². The number of carbonyl (C=O) groups is 1. The van der Waals surface area contributed by atoms with Crippen LogP contribution in [0.15, 0.2) is 28.8 Å². The molecule has 1 aromatic heterocycles. The molecule has 2 heterocycles. The molecule has 20 heavy (non-hydrogen) atoms. The highest BCUT2D eigenvalue weighted by Gasteiger charge is 2.33. The second-order valence-corrected chi connectivity index (χ2v) is 4.75. The van der Waals surface area contributed by atoms with Crippen LogP contribution in [0.2, 0.25) is 0 Å². The predicted molar refractivity (Wildman–Crippen MR) is 66.1 cm³/mol. The Morgan fingerprint density at radius 3 is 2.75 bits per heavy atom. The van der Waals surface area contributed by atoms with Crippen LogP contribution in [0.3, 0.4) is 0 Å². The van der Waals surface area contributed by atoms with Gasteiger partial charge in [0.15, 0.2) is 5.82 Å². The lowest BCUT2D eigenvalue weighted by atomic mass is 10.0. The topological polar surface area (TPSA) is 79.5 Å². The van der Waals surface area contributed by atoms with Crippen molar-refractivity contribution in [2.75, 3.05) is 13.1 Å². The maximum absolute atomic E-state index is 12.8. The Labute approximate surface area is 113 Å². The summed E-state index contributed by atoms with van der Waals surface area (Å²) in [6, 6.07) is 5.78. The van der Waals surface area contributed by atoms with E-state index >= 15 is 0 Å². The Balaban J connectivity index is 1.63. The van der Waals surface area contributed by atoms with Crippen LogP contribution in [-0.4, -0.2) is 39.2 Å². The van der Waals surface area contributed by atoms with Crippen molar-refractivity contribution < 1.29 is 18.8 Å². The van der Waals surface area contributed by atoms with Gasteiger partial charge < -0.3 is 9.63 Å². The Kier molecular flexibility index (Phi) is 3.19. The van der Waals surface area contributed by atoms with Gasteiger partial charge in [-0.3, -0.25) is 9.69 Å². The third-order valence-electron chi connectivity index (χ3n) is 3.23. The minimum absolute atomic E-state index is 0.307. The molecule has 3 rings (SSSR count). The molecule has 1 fully saturated rings. The third kappa shape index (κ3) is 2.53. The minimum atomic E-state index is -0.777. The third-order valence-corrected chi connectivity index (χ3v) is 3.23. The summed E-state index contributed by atoms with van der Waals surface area (Å²) in [6.45, 7) is 1.44. The number of benzene rings is 1. The molecule has 0 atom stereocenters. The van der Waals surface area contributed by atoms with E-state index in [1.165, 1.54) is 12.1 Å². The molecular formula is C13H12FN3O3. The van der Waals surface area contributed by atoms with Crippen molar-refractivity contribution in [1.29, 1.82) is 0 Å². The van der Waals surface area contributed by atoms with Crippen molar-refractivity contribution in [3.8, 4) is 11.5 Å². The molecule has 1 aliphatic rings. The zero-order chi connectivity index (χ0) is 14.1. The normalized spacial score (nSPS) is 16.1. The first-order chi connectivity index (χ1) is 9.61. The summed E-state index contributed by atoms with van der Waals surface area (Å²) in [5, 5.41) is 12.6. The van der Waals surface area contributed by atoms with Crippen LogP contribution in [-0.2, 0) is 11.3 Å². The fourth-order valence-electron chi connectivity index (χ4n) is 2.08. The van der Waals surface area contributed by atoms with Crippen molar-refractivity contribution in [3.05, 3.63) is 35.9 Å². The van der Waals surface area contributed by atoms with Crippen LogP contribution >= 0.6 is 0 Å². The van der Waals surface area contributed by atoms with Gasteiger partial charge in [-0.25, -0.2) is 4.39 Å². The zero-order valence-electron chi connectivity index (χ0n) is 10.5. The SMILES string of the molecule is O=C(O)C1CN(Cc2noc(-c3ccc(F)cc3)n2)C1. The van der Waals surface area contributed by atoms with Crippen molar-refractivity contribution in [1.82, 2.24) is 15.0 Å². The number of likely N-dealkylation sites (tertiary alicyclic amines) is 1. The minimum Gasteiger partial charge on any atom is -0.481 e. The summed E-state index contributed by atoms with van der Waals surface area (Å²) < 4.78 is 17.9.